The van der Waals surface area contributed by atoms with Crippen molar-refractivity contribution in [1.29, 1.82) is 0 Å². The van der Waals surface area contributed by atoms with Crippen molar-refractivity contribution >= 4 is 11.6 Å². The van der Waals surface area contributed by atoms with Gasteiger partial charge in [-0.05, 0) is 31.2 Å². The Balaban J connectivity index is 2.10. The van der Waals surface area contributed by atoms with Crippen LogP contribution in [0.15, 0.2) is 33.1 Å². The summed E-state index contributed by atoms with van der Waals surface area (Å²) in [5, 5.41) is 8.85. The Morgan fingerprint density at radius 2 is 1.60 bits per heavy atom. The van der Waals surface area contributed by atoms with Gasteiger partial charge in [0.15, 0.2) is 11.5 Å². The first-order valence-corrected chi connectivity index (χ1v) is 6.10. The third-order valence-electron chi connectivity index (χ3n) is 2.58. The van der Waals surface area contributed by atoms with Gasteiger partial charge in [0, 0.05) is 6.61 Å². The second kappa shape index (κ2) is 6.31. The molecule has 106 valence electrons. The van der Waals surface area contributed by atoms with Gasteiger partial charge >= 0.3 is 0 Å². The van der Waals surface area contributed by atoms with E-state index in [4.69, 9.17) is 18.7 Å². The van der Waals surface area contributed by atoms with Crippen LogP contribution in [-0.4, -0.2) is 23.3 Å². The predicted molar refractivity (Wildman–Crippen MR) is 67.3 cm³/mol. The standard InChI is InChI=1S/C14H14O6/c1-2-18-8-10-4-6-12(20-10)14(17)13(16)11-5-3-9(7-15)19-11/h3-6,15H,2,7-8H2,1H3. The van der Waals surface area contributed by atoms with Crippen molar-refractivity contribution in [3.63, 3.8) is 0 Å². The first kappa shape index (κ1) is 14.2. The largest absolute Gasteiger partial charge is 0.455 e. The molecular formula is C14H14O6. The third kappa shape index (κ3) is 3.04. The number of rotatable bonds is 7. The topological polar surface area (TPSA) is 89.9 Å². The van der Waals surface area contributed by atoms with Crippen molar-refractivity contribution in [3.8, 4) is 0 Å². The van der Waals surface area contributed by atoms with Gasteiger partial charge < -0.3 is 18.7 Å². The molecule has 2 rings (SSSR count). The summed E-state index contributed by atoms with van der Waals surface area (Å²) in [5.74, 6) is -1.11. The zero-order chi connectivity index (χ0) is 14.5. The van der Waals surface area contributed by atoms with E-state index in [-0.39, 0.29) is 30.5 Å². The fraction of sp³-hybridized carbons (Fsp3) is 0.286. The van der Waals surface area contributed by atoms with Crippen molar-refractivity contribution < 1.29 is 28.3 Å². The molecule has 0 aliphatic rings. The smallest absolute Gasteiger partial charge is 0.271 e. The molecule has 0 saturated carbocycles. The molecule has 0 amide bonds. The molecule has 2 aromatic heterocycles. The molecule has 0 radical (unpaired) electrons. The molecule has 0 unspecified atom stereocenters. The fourth-order valence-electron chi connectivity index (χ4n) is 1.59. The molecule has 0 atom stereocenters. The summed E-state index contributed by atoms with van der Waals surface area (Å²) >= 11 is 0. The highest BCUT2D eigenvalue weighted by Gasteiger charge is 2.24. The molecule has 0 fully saturated rings. The number of Topliss-reactive ketones (excluding diaryl/α,β-unsaturated/α-hetero) is 2. The Kier molecular flexibility index (Phi) is 4.49. The highest BCUT2D eigenvalue weighted by atomic mass is 16.5. The normalized spacial score (nSPS) is 10.7. The molecule has 0 saturated heterocycles. The minimum absolute atomic E-state index is 0.0633. The third-order valence-corrected chi connectivity index (χ3v) is 2.58. The quantitative estimate of drug-likeness (QED) is 0.615. The first-order chi connectivity index (χ1) is 9.65. The van der Waals surface area contributed by atoms with Crippen LogP contribution in [0.25, 0.3) is 0 Å². The first-order valence-electron chi connectivity index (χ1n) is 6.10. The van der Waals surface area contributed by atoms with Gasteiger partial charge in [0.05, 0.1) is 0 Å². The molecule has 6 heteroatoms. The lowest BCUT2D eigenvalue weighted by Crippen LogP contribution is -2.12. The van der Waals surface area contributed by atoms with Crippen LogP contribution < -0.4 is 0 Å². The minimum atomic E-state index is -0.818. The number of aliphatic hydroxyl groups excluding tert-OH is 1. The van der Waals surface area contributed by atoms with E-state index in [2.05, 4.69) is 0 Å². The zero-order valence-corrected chi connectivity index (χ0v) is 10.9. The van der Waals surface area contributed by atoms with Gasteiger partial charge in [0.25, 0.3) is 11.6 Å². The van der Waals surface area contributed by atoms with Crippen LogP contribution in [0.3, 0.4) is 0 Å². The SMILES string of the molecule is CCOCc1ccc(C(=O)C(=O)c2ccc(CO)o2)o1. The van der Waals surface area contributed by atoms with Crippen molar-refractivity contribution in [1.82, 2.24) is 0 Å². The lowest BCUT2D eigenvalue weighted by Gasteiger charge is -1.97. The number of ether oxygens (including phenoxy) is 1. The van der Waals surface area contributed by atoms with Crippen molar-refractivity contribution in [2.24, 2.45) is 0 Å². The van der Waals surface area contributed by atoms with E-state index in [9.17, 15) is 9.59 Å². The predicted octanol–water partition coefficient (Wildman–Crippen LogP) is 1.97. The summed E-state index contributed by atoms with van der Waals surface area (Å²) < 4.78 is 15.4. The van der Waals surface area contributed by atoms with Gasteiger partial charge in [-0.15, -0.1) is 0 Å². The lowest BCUT2D eigenvalue weighted by atomic mass is 10.2. The summed E-state index contributed by atoms with van der Waals surface area (Å²) in [7, 11) is 0. The van der Waals surface area contributed by atoms with Gasteiger partial charge in [-0.2, -0.15) is 0 Å². The molecule has 0 aliphatic heterocycles. The van der Waals surface area contributed by atoms with E-state index < -0.39 is 11.6 Å². The summed E-state index contributed by atoms with van der Waals surface area (Å²) in [6.07, 6.45) is 0. The van der Waals surface area contributed by atoms with Crippen LogP contribution in [0.4, 0.5) is 0 Å². The van der Waals surface area contributed by atoms with Crippen LogP contribution in [0, 0.1) is 0 Å². The Hall–Kier alpha value is -2.18. The van der Waals surface area contributed by atoms with Crippen molar-refractivity contribution in [2.75, 3.05) is 6.61 Å². The zero-order valence-electron chi connectivity index (χ0n) is 10.9. The van der Waals surface area contributed by atoms with Crippen molar-refractivity contribution in [2.45, 2.75) is 20.1 Å². The molecule has 2 heterocycles. The van der Waals surface area contributed by atoms with Crippen LogP contribution in [0.1, 0.15) is 39.6 Å². The Morgan fingerprint density at radius 3 is 2.10 bits per heavy atom. The van der Waals surface area contributed by atoms with Crippen LogP contribution in [-0.2, 0) is 18.0 Å². The maximum atomic E-state index is 11.9. The maximum Gasteiger partial charge on any atom is 0.271 e. The van der Waals surface area contributed by atoms with E-state index >= 15 is 0 Å². The van der Waals surface area contributed by atoms with E-state index in [1.165, 1.54) is 18.2 Å². The van der Waals surface area contributed by atoms with E-state index in [0.717, 1.165) is 0 Å². The van der Waals surface area contributed by atoms with Gasteiger partial charge in [0.1, 0.15) is 24.7 Å². The molecule has 2 aromatic rings. The molecular weight excluding hydrogens is 264 g/mol. The monoisotopic (exact) mass is 278 g/mol. The number of carbonyl (C=O) groups excluding carboxylic acids is 2. The number of carbonyl (C=O) groups is 2. The molecule has 0 aliphatic carbocycles. The van der Waals surface area contributed by atoms with Crippen LogP contribution in [0.2, 0.25) is 0 Å². The number of hydrogen-bond acceptors (Lipinski definition) is 6. The molecule has 0 aromatic carbocycles. The summed E-state index contributed by atoms with van der Waals surface area (Å²) in [6.45, 7) is 2.28. The fourth-order valence-corrected chi connectivity index (χ4v) is 1.59. The van der Waals surface area contributed by atoms with Crippen LogP contribution >= 0.6 is 0 Å². The molecule has 6 nitrogen and oxygen atoms in total. The molecule has 1 N–H and O–H groups in total. The molecule has 0 spiro atoms. The second-order valence-corrected chi connectivity index (χ2v) is 3.99. The summed E-state index contributed by atoms with van der Waals surface area (Å²) in [5.41, 5.74) is 0. The molecule has 0 bridgehead atoms. The Morgan fingerprint density at radius 1 is 1.05 bits per heavy atom. The Labute approximate surface area is 114 Å². The van der Waals surface area contributed by atoms with Crippen LogP contribution in [0.5, 0.6) is 0 Å². The number of hydrogen-bond donors (Lipinski definition) is 1. The minimum Gasteiger partial charge on any atom is -0.455 e. The Bertz CT molecular complexity index is 607. The summed E-state index contributed by atoms with van der Waals surface area (Å²) in [4.78, 5) is 23.8. The van der Waals surface area contributed by atoms with E-state index in [1.807, 2.05) is 6.92 Å². The number of ketones is 2. The highest BCUT2D eigenvalue weighted by Crippen LogP contribution is 2.15. The average Bonchev–Trinajstić information content (AvgIpc) is 3.12. The van der Waals surface area contributed by atoms with Gasteiger partial charge in [-0.1, -0.05) is 0 Å². The number of aliphatic hydroxyl groups is 1. The van der Waals surface area contributed by atoms with E-state index in [1.54, 1.807) is 6.07 Å². The van der Waals surface area contributed by atoms with Gasteiger partial charge in [-0.3, -0.25) is 9.59 Å². The number of furan rings is 2. The second-order valence-electron chi connectivity index (χ2n) is 3.99. The molecule has 20 heavy (non-hydrogen) atoms. The average molecular weight is 278 g/mol. The lowest BCUT2D eigenvalue weighted by molar-refractivity contribution is 0.0774. The van der Waals surface area contributed by atoms with Crippen molar-refractivity contribution in [3.05, 3.63) is 47.3 Å². The maximum absolute atomic E-state index is 11.9. The van der Waals surface area contributed by atoms with Gasteiger partial charge in [-0.25, -0.2) is 0 Å². The van der Waals surface area contributed by atoms with E-state index in [0.29, 0.717) is 12.4 Å². The highest BCUT2D eigenvalue weighted by molar-refractivity contribution is 6.47. The summed E-state index contributed by atoms with van der Waals surface area (Å²) in [6, 6.07) is 5.78. The van der Waals surface area contributed by atoms with Gasteiger partial charge in [0.2, 0.25) is 0 Å².